The minimum atomic E-state index is -0.327. The highest BCUT2D eigenvalue weighted by Gasteiger charge is 2.30. The first-order valence-corrected chi connectivity index (χ1v) is 10.1. The summed E-state index contributed by atoms with van der Waals surface area (Å²) in [5.74, 6) is 0.600. The Morgan fingerprint density at radius 1 is 0.840 bits per heavy atom. The van der Waals surface area contributed by atoms with Crippen molar-refractivity contribution in [3.05, 3.63) is 0 Å². The summed E-state index contributed by atoms with van der Waals surface area (Å²) < 4.78 is 0. The second-order valence-corrected chi connectivity index (χ2v) is 7.88. The molecule has 0 aromatic carbocycles. The lowest BCUT2D eigenvalue weighted by atomic mass is 9.88. The van der Waals surface area contributed by atoms with Gasteiger partial charge >= 0.3 is 0 Å². The van der Waals surface area contributed by atoms with Crippen LogP contribution in [0.3, 0.4) is 0 Å². The van der Waals surface area contributed by atoms with Crippen LogP contribution in [0.5, 0.6) is 0 Å². The first kappa shape index (κ1) is 18.6. The summed E-state index contributed by atoms with van der Waals surface area (Å²) in [6.07, 6.45) is 9.31. The molecule has 6 nitrogen and oxygen atoms in total. The molecule has 0 spiro atoms. The largest absolute Gasteiger partial charge is 0.392 e. The Morgan fingerprint density at radius 2 is 1.44 bits per heavy atom. The molecule has 25 heavy (non-hydrogen) atoms. The van der Waals surface area contributed by atoms with Gasteiger partial charge in [-0.25, -0.2) is 0 Å². The van der Waals surface area contributed by atoms with Crippen LogP contribution in [0.2, 0.25) is 0 Å². The van der Waals surface area contributed by atoms with Crippen LogP contribution in [0.15, 0.2) is 0 Å². The number of rotatable bonds is 4. The third-order valence-electron chi connectivity index (χ3n) is 6.14. The van der Waals surface area contributed by atoms with E-state index >= 15 is 0 Å². The predicted molar refractivity (Wildman–Crippen MR) is 96.0 cm³/mol. The molecule has 2 N–H and O–H groups in total. The van der Waals surface area contributed by atoms with Crippen molar-refractivity contribution in [3.63, 3.8) is 0 Å². The molecule has 2 atom stereocenters. The topological polar surface area (TPSA) is 72.9 Å². The molecule has 0 aromatic rings. The molecule has 2 aliphatic carbocycles. The van der Waals surface area contributed by atoms with Crippen LogP contribution < -0.4 is 5.32 Å². The number of hydrogen-bond acceptors (Lipinski definition) is 4. The van der Waals surface area contributed by atoms with Crippen LogP contribution in [-0.2, 0) is 9.59 Å². The van der Waals surface area contributed by atoms with E-state index in [-0.39, 0.29) is 30.5 Å². The lowest BCUT2D eigenvalue weighted by molar-refractivity contribution is -0.142. The zero-order chi connectivity index (χ0) is 17.6. The average molecular weight is 351 g/mol. The molecule has 142 valence electrons. The quantitative estimate of drug-likeness (QED) is 0.796. The van der Waals surface area contributed by atoms with Crippen molar-refractivity contribution < 1.29 is 14.7 Å². The molecule has 0 aromatic heterocycles. The molecule has 2 unspecified atom stereocenters. The summed E-state index contributed by atoms with van der Waals surface area (Å²) in [5, 5.41) is 13.2. The van der Waals surface area contributed by atoms with Crippen molar-refractivity contribution in [2.45, 2.75) is 69.9 Å². The molecule has 3 fully saturated rings. The Balaban J connectivity index is 1.39. The zero-order valence-corrected chi connectivity index (χ0v) is 15.3. The summed E-state index contributed by atoms with van der Waals surface area (Å²) in [7, 11) is 0. The molecule has 1 heterocycles. The molecule has 3 aliphatic rings. The molecule has 1 saturated heterocycles. The van der Waals surface area contributed by atoms with Crippen LogP contribution in [0.25, 0.3) is 0 Å². The molecule has 2 amide bonds. The summed E-state index contributed by atoms with van der Waals surface area (Å²) in [5.41, 5.74) is 0. The van der Waals surface area contributed by atoms with Gasteiger partial charge in [0.1, 0.15) is 0 Å². The second-order valence-electron chi connectivity index (χ2n) is 7.88. The van der Waals surface area contributed by atoms with Gasteiger partial charge in [0.05, 0.1) is 12.6 Å². The van der Waals surface area contributed by atoms with Crippen molar-refractivity contribution >= 4 is 11.8 Å². The molecular weight excluding hydrogens is 318 g/mol. The molecule has 2 saturated carbocycles. The van der Waals surface area contributed by atoms with E-state index in [0.29, 0.717) is 32.1 Å². The van der Waals surface area contributed by atoms with Crippen molar-refractivity contribution in [2.75, 3.05) is 32.7 Å². The van der Waals surface area contributed by atoms with Gasteiger partial charge in [-0.2, -0.15) is 0 Å². The Hall–Kier alpha value is -1.14. The van der Waals surface area contributed by atoms with E-state index < -0.39 is 0 Å². The van der Waals surface area contributed by atoms with Gasteiger partial charge in [-0.05, 0) is 25.7 Å². The van der Waals surface area contributed by atoms with Crippen LogP contribution in [0.4, 0.5) is 0 Å². The van der Waals surface area contributed by atoms with Crippen LogP contribution in [0, 0.1) is 5.92 Å². The zero-order valence-electron chi connectivity index (χ0n) is 15.3. The van der Waals surface area contributed by atoms with Gasteiger partial charge in [-0.3, -0.25) is 9.59 Å². The van der Waals surface area contributed by atoms with E-state index in [2.05, 4.69) is 5.32 Å². The number of nitrogens with one attached hydrogen (secondary N) is 1. The monoisotopic (exact) mass is 351 g/mol. The highest BCUT2D eigenvalue weighted by Crippen LogP contribution is 2.25. The van der Waals surface area contributed by atoms with E-state index in [1.165, 1.54) is 19.3 Å². The maximum atomic E-state index is 12.6. The van der Waals surface area contributed by atoms with E-state index in [9.17, 15) is 14.7 Å². The van der Waals surface area contributed by atoms with E-state index in [1.807, 2.05) is 9.80 Å². The summed E-state index contributed by atoms with van der Waals surface area (Å²) in [6.45, 7) is 2.87. The van der Waals surface area contributed by atoms with Crippen LogP contribution >= 0.6 is 0 Å². The van der Waals surface area contributed by atoms with Gasteiger partial charge in [-0.1, -0.05) is 32.1 Å². The Labute approximate surface area is 150 Å². The highest BCUT2D eigenvalue weighted by atomic mass is 16.3. The number of amides is 2. The smallest absolute Gasteiger partial charge is 0.236 e. The van der Waals surface area contributed by atoms with Gasteiger partial charge in [0.2, 0.25) is 11.8 Å². The van der Waals surface area contributed by atoms with Gasteiger partial charge in [0.25, 0.3) is 0 Å². The average Bonchev–Trinajstić information content (AvgIpc) is 2.67. The van der Waals surface area contributed by atoms with Gasteiger partial charge in [-0.15, -0.1) is 0 Å². The predicted octanol–water partition coefficient (Wildman–Crippen LogP) is 1.13. The van der Waals surface area contributed by atoms with E-state index in [4.69, 9.17) is 0 Å². The molecule has 3 rings (SSSR count). The van der Waals surface area contributed by atoms with Crippen LogP contribution in [-0.4, -0.2) is 71.6 Å². The second kappa shape index (κ2) is 8.99. The molecule has 0 radical (unpaired) electrons. The van der Waals surface area contributed by atoms with Gasteiger partial charge in [0.15, 0.2) is 0 Å². The fourth-order valence-electron chi connectivity index (χ4n) is 4.46. The molecule has 0 bridgehead atoms. The number of carbonyl (C=O) groups excluding carboxylic acids is 2. The Bertz CT molecular complexity index is 457. The fourth-order valence-corrected chi connectivity index (χ4v) is 4.46. The summed E-state index contributed by atoms with van der Waals surface area (Å²) >= 11 is 0. The van der Waals surface area contributed by atoms with Crippen LogP contribution in [0.1, 0.15) is 57.8 Å². The van der Waals surface area contributed by atoms with Gasteiger partial charge in [0, 0.05) is 38.1 Å². The number of nitrogens with zero attached hydrogens (tertiary/aromatic N) is 2. The van der Waals surface area contributed by atoms with E-state index in [0.717, 1.165) is 38.5 Å². The van der Waals surface area contributed by atoms with Crippen molar-refractivity contribution in [1.29, 1.82) is 0 Å². The SMILES string of the molecule is O=C(CNC1CCCCC1O)N1CCN(C(=O)C2CCCCC2)CC1. The molecule has 1 aliphatic heterocycles. The fraction of sp³-hybridized carbons (Fsp3) is 0.895. The maximum Gasteiger partial charge on any atom is 0.236 e. The maximum absolute atomic E-state index is 12.6. The first-order chi connectivity index (χ1) is 12.1. The van der Waals surface area contributed by atoms with E-state index in [1.54, 1.807) is 0 Å². The first-order valence-electron chi connectivity index (χ1n) is 10.1. The minimum absolute atomic E-state index is 0.0480. The molecular formula is C19H33N3O3. The number of carbonyl (C=O) groups is 2. The van der Waals surface area contributed by atoms with Crippen molar-refractivity contribution in [2.24, 2.45) is 5.92 Å². The lowest BCUT2D eigenvalue weighted by Gasteiger charge is -2.37. The normalized spacial score (nSPS) is 28.8. The van der Waals surface area contributed by atoms with Gasteiger partial charge < -0.3 is 20.2 Å². The standard InChI is InChI=1S/C19H33N3O3/c23-17-9-5-4-8-16(17)20-14-18(24)21-10-12-22(13-11-21)19(25)15-6-2-1-3-7-15/h15-17,20,23H,1-14H2. The number of piperazine rings is 1. The summed E-state index contributed by atoms with van der Waals surface area (Å²) in [4.78, 5) is 28.8. The van der Waals surface area contributed by atoms with Crippen molar-refractivity contribution in [3.8, 4) is 0 Å². The summed E-state index contributed by atoms with van der Waals surface area (Å²) in [6, 6.07) is 0.0480. The lowest BCUT2D eigenvalue weighted by Crippen LogP contribution is -2.54. The Kier molecular flexibility index (Phi) is 6.70. The number of aliphatic hydroxyl groups excluding tert-OH is 1. The number of hydrogen-bond donors (Lipinski definition) is 2. The third-order valence-corrected chi connectivity index (χ3v) is 6.14. The molecule has 6 heteroatoms. The highest BCUT2D eigenvalue weighted by molar-refractivity contribution is 5.80. The Morgan fingerprint density at radius 3 is 2.12 bits per heavy atom. The third kappa shape index (κ3) is 4.94. The van der Waals surface area contributed by atoms with Crippen molar-refractivity contribution in [1.82, 2.24) is 15.1 Å². The number of aliphatic hydroxyl groups is 1. The minimum Gasteiger partial charge on any atom is -0.392 e.